The molecule has 1 N–H and O–H groups in total. The van der Waals surface area contributed by atoms with Crippen LogP contribution in [-0.2, 0) is 4.79 Å². The lowest BCUT2D eigenvalue weighted by Crippen LogP contribution is -2.20. The molecule has 0 fully saturated rings. The molecule has 0 atom stereocenters. The van der Waals surface area contributed by atoms with Gasteiger partial charge in [0.05, 0.1) is 21.3 Å². The maximum atomic E-state index is 12.3. The summed E-state index contributed by atoms with van der Waals surface area (Å²) in [5, 5.41) is 2.78. The molecule has 0 spiro atoms. The predicted molar refractivity (Wildman–Crippen MR) is 117 cm³/mol. The van der Waals surface area contributed by atoms with Crippen LogP contribution in [0.2, 0.25) is 0 Å². The molecule has 3 aromatic rings. The lowest BCUT2D eigenvalue weighted by molar-refractivity contribution is -0.118. The van der Waals surface area contributed by atoms with Gasteiger partial charge in [-0.25, -0.2) is 0 Å². The lowest BCUT2D eigenvalue weighted by Gasteiger charge is -2.14. The first-order valence-electron chi connectivity index (χ1n) is 9.44. The van der Waals surface area contributed by atoms with Crippen molar-refractivity contribution in [3.63, 3.8) is 0 Å². The Balaban J connectivity index is 1.61. The molecule has 0 aromatic heterocycles. The Bertz CT molecular complexity index is 972. The number of carbonyl (C=O) groups excluding carboxylic acids is 1. The average molecular weight is 407 g/mol. The van der Waals surface area contributed by atoms with Crippen molar-refractivity contribution in [2.24, 2.45) is 0 Å². The summed E-state index contributed by atoms with van der Waals surface area (Å²) >= 11 is 0. The summed E-state index contributed by atoms with van der Waals surface area (Å²) < 4.78 is 21.5. The van der Waals surface area contributed by atoms with Crippen LogP contribution in [0.1, 0.15) is 5.56 Å². The van der Waals surface area contributed by atoms with Gasteiger partial charge in [-0.2, -0.15) is 0 Å². The van der Waals surface area contributed by atoms with E-state index in [-0.39, 0.29) is 12.5 Å². The molecule has 30 heavy (non-hydrogen) atoms. The van der Waals surface area contributed by atoms with Gasteiger partial charge < -0.3 is 24.3 Å². The fraction of sp³-hybridized carbons (Fsp3) is 0.208. The van der Waals surface area contributed by atoms with E-state index < -0.39 is 0 Å². The van der Waals surface area contributed by atoms with Crippen LogP contribution in [-0.4, -0.2) is 33.8 Å². The van der Waals surface area contributed by atoms with Crippen molar-refractivity contribution in [2.75, 3.05) is 33.3 Å². The molecule has 0 saturated carbocycles. The zero-order valence-corrected chi connectivity index (χ0v) is 17.5. The van der Waals surface area contributed by atoms with E-state index in [9.17, 15) is 4.79 Å². The fourth-order valence-electron chi connectivity index (χ4n) is 2.99. The third kappa shape index (κ3) is 5.03. The molecule has 156 valence electrons. The predicted octanol–water partition coefficient (Wildman–Crippen LogP) is 4.71. The topological polar surface area (TPSA) is 66.0 Å². The Hall–Kier alpha value is -3.67. The molecule has 6 heteroatoms. The number of methoxy groups -OCH3 is 3. The SMILES string of the molecule is COc1cc(NC(=O)COc2ccc(-c3ccc(C)cc3)cc2)cc(OC)c1OC. The van der Waals surface area contributed by atoms with E-state index in [4.69, 9.17) is 18.9 Å². The van der Waals surface area contributed by atoms with Crippen molar-refractivity contribution in [1.29, 1.82) is 0 Å². The van der Waals surface area contributed by atoms with Crippen LogP contribution in [0.4, 0.5) is 5.69 Å². The van der Waals surface area contributed by atoms with E-state index in [1.54, 1.807) is 12.1 Å². The normalized spacial score (nSPS) is 10.3. The van der Waals surface area contributed by atoms with Crippen LogP contribution in [0, 0.1) is 6.92 Å². The van der Waals surface area contributed by atoms with E-state index in [0.29, 0.717) is 28.7 Å². The molecule has 6 nitrogen and oxygen atoms in total. The summed E-state index contributed by atoms with van der Waals surface area (Å²) in [5.41, 5.74) is 3.96. The number of benzene rings is 3. The van der Waals surface area contributed by atoms with Gasteiger partial charge >= 0.3 is 0 Å². The van der Waals surface area contributed by atoms with E-state index in [1.807, 2.05) is 24.3 Å². The number of rotatable bonds is 8. The Morgan fingerprint density at radius 3 is 1.83 bits per heavy atom. The molecule has 3 rings (SSSR count). The molecule has 0 radical (unpaired) electrons. The van der Waals surface area contributed by atoms with E-state index in [0.717, 1.165) is 11.1 Å². The first kappa shape index (κ1) is 21.0. The lowest BCUT2D eigenvalue weighted by atomic mass is 10.0. The number of nitrogens with one attached hydrogen (secondary N) is 1. The van der Waals surface area contributed by atoms with E-state index >= 15 is 0 Å². The van der Waals surface area contributed by atoms with Gasteiger partial charge in [0.15, 0.2) is 18.1 Å². The van der Waals surface area contributed by atoms with Crippen LogP contribution in [0.5, 0.6) is 23.0 Å². The number of anilines is 1. The third-order valence-electron chi connectivity index (χ3n) is 4.56. The van der Waals surface area contributed by atoms with Crippen LogP contribution in [0.3, 0.4) is 0 Å². The zero-order chi connectivity index (χ0) is 21.5. The molecule has 3 aromatic carbocycles. The van der Waals surface area contributed by atoms with Crippen molar-refractivity contribution in [3.8, 4) is 34.1 Å². The first-order valence-corrected chi connectivity index (χ1v) is 9.44. The second-order valence-corrected chi connectivity index (χ2v) is 6.64. The molecule has 0 aliphatic rings. The van der Waals surface area contributed by atoms with Gasteiger partial charge in [0.2, 0.25) is 5.75 Å². The summed E-state index contributed by atoms with van der Waals surface area (Å²) in [7, 11) is 4.56. The van der Waals surface area contributed by atoms with Crippen molar-refractivity contribution in [3.05, 3.63) is 66.2 Å². The minimum Gasteiger partial charge on any atom is -0.493 e. The fourth-order valence-corrected chi connectivity index (χ4v) is 2.99. The van der Waals surface area contributed by atoms with Gasteiger partial charge in [-0.3, -0.25) is 4.79 Å². The summed E-state index contributed by atoms with van der Waals surface area (Å²) in [6.07, 6.45) is 0. The van der Waals surface area contributed by atoms with Crippen LogP contribution in [0.25, 0.3) is 11.1 Å². The number of hydrogen-bond acceptors (Lipinski definition) is 5. The Morgan fingerprint density at radius 1 is 0.800 bits per heavy atom. The Labute approximate surface area is 176 Å². The second kappa shape index (κ2) is 9.69. The van der Waals surface area contributed by atoms with Gasteiger partial charge in [-0.05, 0) is 30.2 Å². The second-order valence-electron chi connectivity index (χ2n) is 6.64. The zero-order valence-electron chi connectivity index (χ0n) is 17.5. The van der Waals surface area contributed by atoms with Crippen molar-refractivity contribution < 1.29 is 23.7 Å². The molecular weight excluding hydrogens is 382 g/mol. The molecule has 0 bridgehead atoms. The van der Waals surface area contributed by atoms with Crippen molar-refractivity contribution in [1.82, 2.24) is 0 Å². The van der Waals surface area contributed by atoms with Gasteiger partial charge in [-0.1, -0.05) is 42.0 Å². The summed E-state index contributed by atoms with van der Waals surface area (Å²) in [6, 6.07) is 19.3. The molecule has 0 aliphatic heterocycles. The molecule has 0 saturated heterocycles. The quantitative estimate of drug-likeness (QED) is 0.586. The number of aryl methyl sites for hydroxylation is 1. The van der Waals surface area contributed by atoms with Crippen molar-refractivity contribution in [2.45, 2.75) is 6.92 Å². The van der Waals surface area contributed by atoms with Crippen molar-refractivity contribution >= 4 is 11.6 Å². The Morgan fingerprint density at radius 2 is 1.33 bits per heavy atom. The number of hydrogen-bond donors (Lipinski definition) is 1. The van der Waals surface area contributed by atoms with Crippen LogP contribution >= 0.6 is 0 Å². The van der Waals surface area contributed by atoms with Crippen LogP contribution in [0.15, 0.2) is 60.7 Å². The van der Waals surface area contributed by atoms with Crippen LogP contribution < -0.4 is 24.3 Å². The van der Waals surface area contributed by atoms with Gasteiger partial charge in [-0.15, -0.1) is 0 Å². The molecular formula is C24H25NO5. The smallest absolute Gasteiger partial charge is 0.262 e. The highest BCUT2D eigenvalue weighted by atomic mass is 16.5. The number of amides is 1. The maximum Gasteiger partial charge on any atom is 0.262 e. The highest BCUT2D eigenvalue weighted by Gasteiger charge is 2.14. The summed E-state index contributed by atoms with van der Waals surface area (Å²) in [4.78, 5) is 12.3. The minimum absolute atomic E-state index is 0.124. The summed E-state index contributed by atoms with van der Waals surface area (Å²) in [6.45, 7) is 1.93. The van der Waals surface area contributed by atoms with E-state index in [2.05, 4.69) is 36.5 Å². The number of ether oxygens (including phenoxy) is 4. The third-order valence-corrected chi connectivity index (χ3v) is 4.56. The largest absolute Gasteiger partial charge is 0.493 e. The number of carbonyl (C=O) groups is 1. The molecule has 0 heterocycles. The average Bonchev–Trinajstić information content (AvgIpc) is 2.78. The Kier molecular flexibility index (Phi) is 6.80. The molecule has 1 amide bonds. The highest BCUT2D eigenvalue weighted by Crippen LogP contribution is 2.39. The van der Waals surface area contributed by atoms with E-state index in [1.165, 1.54) is 26.9 Å². The molecule has 0 unspecified atom stereocenters. The highest BCUT2D eigenvalue weighted by molar-refractivity contribution is 5.92. The maximum absolute atomic E-state index is 12.3. The standard InChI is InChI=1S/C24H25NO5/c1-16-5-7-17(8-6-16)18-9-11-20(12-10-18)30-15-23(26)25-19-13-21(27-2)24(29-4)22(14-19)28-3/h5-14H,15H2,1-4H3,(H,25,26). The van der Waals surface area contributed by atoms with Gasteiger partial charge in [0, 0.05) is 17.8 Å². The first-order chi connectivity index (χ1) is 14.5. The molecule has 0 aliphatic carbocycles. The monoisotopic (exact) mass is 407 g/mol. The minimum atomic E-state index is -0.299. The summed E-state index contributed by atoms with van der Waals surface area (Å²) in [5.74, 6) is 1.69. The van der Waals surface area contributed by atoms with Gasteiger partial charge in [0.1, 0.15) is 5.75 Å². The van der Waals surface area contributed by atoms with Gasteiger partial charge in [0.25, 0.3) is 5.91 Å².